The third-order valence-corrected chi connectivity index (χ3v) is 4.92. The van der Waals surface area contributed by atoms with Crippen molar-refractivity contribution in [3.8, 4) is 5.75 Å². The van der Waals surface area contributed by atoms with Gasteiger partial charge in [0.25, 0.3) is 0 Å². The van der Waals surface area contributed by atoms with Gasteiger partial charge in [-0.3, -0.25) is 4.79 Å². The van der Waals surface area contributed by atoms with E-state index in [2.05, 4.69) is 11.6 Å². The first-order valence-corrected chi connectivity index (χ1v) is 7.99. The molecule has 1 aliphatic rings. The number of nitrogens with zero attached hydrogens (tertiary/aromatic N) is 1. The van der Waals surface area contributed by atoms with E-state index in [0.29, 0.717) is 35.4 Å². The Bertz CT molecular complexity index is 961. The van der Waals surface area contributed by atoms with Gasteiger partial charge in [-0.05, 0) is 29.8 Å². The normalized spacial score (nSPS) is 13.7. The second kappa shape index (κ2) is 5.28. The van der Waals surface area contributed by atoms with Crippen molar-refractivity contribution in [1.82, 2.24) is 4.98 Å². The fourth-order valence-electron chi connectivity index (χ4n) is 2.60. The van der Waals surface area contributed by atoms with Gasteiger partial charge in [0.2, 0.25) is 0 Å². The summed E-state index contributed by atoms with van der Waals surface area (Å²) in [5.41, 5.74) is 2.74. The molecular weight excluding hydrogens is 313 g/mol. The number of hydrogen-bond acceptors (Lipinski definition) is 4. The summed E-state index contributed by atoms with van der Waals surface area (Å²) in [5, 5.41) is 0.717. The van der Waals surface area contributed by atoms with Gasteiger partial charge < -0.3 is 4.74 Å². The molecule has 1 aromatic heterocycles. The molecule has 0 saturated heterocycles. The smallest absolute Gasteiger partial charge is 0.170 e. The van der Waals surface area contributed by atoms with Crippen molar-refractivity contribution in [3.05, 3.63) is 64.9 Å². The Labute approximate surface area is 136 Å². The SMILES string of the molecule is C=C(c1ccc2c(c1)C(=O)CCO2)c1nc2cc(F)ccc2s1. The molecule has 0 amide bonds. The molecular formula is C18H12FNO2S. The van der Waals surface area contributed by atoms with Crippen molar-refractivity contribution >= 4 is 32.9 Å². The summed E-state index contributed by atoms with van der Waals surface area (Å²) in [4.78, 5) is 16.5. The van der Waals surface area contributed by atoms with E-state index in [1.807, 2.05) is 6.07 Å². The van der Waals surface area contributed by atoms with Gasteiger partial charge in [0.15, 0.2) is 5.78 Å². The lowest BCUT2D eigenvalue weighted by Gasteiger charge is -2.17. The largest absolute Gasteiger partial charge is 0.492 e. The van der Waals surface area contributed by atoms with Gasteiger partial charge in [0, 0.05) is 18.1 Å². The Morgan fingerprint density at radius 2 is 2.13 bits per heavy atom. The lowest BCUT2D eigenvalue weighted by atomic mass is 9.99. The number of thiazole rings is 1. The Morgan fingerprint density at radius 1 is 1.26 bits per heavy atom. The number of Topliss-reactive ketones (excluding diaryl/α,β-unsaturated/α-hetero) is 1. The van der Waals surface area contributed by atoms with Crippen molar-refractivity contribution in [2.75, 3.05) is 6.61 Å². The Balaban J connectivity index is 1.75. The molecule has 0 saturated carbocycles. The number of aromatic nitrogens is 1. The average molecular weight is 325 g/mol. The van der Waals surface area contributed by atoms with Crippen LogP contribution in [-0.4, -0.2) is 17.4 Å². The van der Waals surface area contributed by atoms with E-state index in [4.69, 9.17) is 4.74 Å². The molecule has 0 atom stereocenters. The zero-order valence-corrected chi connectivity index (χ0v) is 13.0. The van der Waals surface area contributed by atoms with Crippen LogP contribution in [0.25, 0.3) is 15.8 Å². The Morgan fingerprint density at radius 3 is 3.00 bits per heavy atom. The van der Waals surface area contributed by atoms with Crippen molar-refractivity contribution in [2.24, 2.45) is 0 Å². The van der Waals surface area contributed by atoms with Gasteiger partial charge >= 0.3 is 0 Å². The highest BCUT2D eigenvalue weighted by Gasteiger charge is 2.20. The summed E-state index contributed by atoms with van der Waals surface area (Å²) in [6.45, 7) is 4.52. The van der Waals surface area contributed by atoms with E-state index in [1.165, 1.54) is 23.5 Å². The Kier molecular flexibility index (Phi) is 3.23. The number of hydrogen-bond donors (Lipinski definition) is 0. The van der Waals surface area contributed by atoms with E-state index < -0.39 is 0 Å². The molecule has 1 aliphatic heterocycles. The third-order valence-electron chi connectivity index (χ3n) is 3.82. The van der Waals surface area contributed by atoms with Gasteiger partial charge in [-0.25, -0.2) is 9.37 Å². The summed E-state index contributed by atoms with van der Waals surface area (Å²) in [6, 6.07) is 10.00. The number of fused-ring (bicyclic) bond motifs is 2. The van der Waals surface area contributed by atoms with Gasteiger partial charge in [-0.15, -0.1) is 11.3 Å². The summed E-state index contributed by atoms with van der Waals surface area (Å²) >= 11 is 1.45. The van der Waals surface area contributed by atoms with Crippen LogP contribution in [0.1, 0.15) is 27.3 Å². The third kappa shape index (κ3) is 2.43. The number of carbonyl (C=O) groups is 1. The van der Waals surface area contributed by atoms with Crippen LogP contribution in [0.4, 0.5) is 4.39 Å². The standard InChI is InChI=1S/C18H12FNO2S/c1-10(18-20-14-9-12(19)3-5-17(14)23-18)11-2-4-16-13(8-11)15(21)6-7-22-16/h2-5,8-9H,1,6-7H2. The maximum absolute atomic E-state index is 13.3. The molecule has 114 valence electrons. The molecule has 3 aromatic rings. The second-order valence-electron chi connectivity index (χ2n) is 5.34. The van der Waals surface area contributed by atoms with Gasteiger partial charge in [0.1, 0.15) is 16.6 Å². The van der Waals surface area contributed by atoms with Crippen LogP contribution in [-0.2, 0) is 0 Å². The fraction of sp³-hybridized carbons (Fsp3) is 0.111. The van der Waals surface area contributed by atoms with Crippen molar-refractivity contribution in [3.63, 3.8) is 0 Å². The zero-order valence-electron chi connectivity index (χ0n) is 12.1. The van der Waals surface area contributed by atoms with Crippen LogP contribution >= 0.6 is 11.3 Å². The number of carbonyl (C=O) groups excluding carboxylic acids is 1. The molecule has 0 spiro atoms. The lowest BCUT2D eigenvalue weighted by Crippen LogP contribution is -2.15. The van der Waals surface area contributed by atoms with Gasteiger partial charge in [0.05, 0.1) is 22.4 Å². The predicted octanol–water partition coefficient (Wildman–Crippen LogP) is 4.46. The maximum Gasteiger partial charge on any atom is 0.170 e. The van der Waals surface area contributed by atoms with Crippen LogP contribution < -0.4 is 4.74 Å². The van der Waals surface area contributed by atoms with E-state index >= 15 is 0 Å². The highest BCUT2D eigenvalue weighted by Crippen LogP contribution is 2.33. The average Bonchev–Trinajstić information content (AvgIpc) is 2.97. The van der Waals surface area contributed by atoms with E-state index in [9.17, 15) is 9.18 Å². The second-order valence-corrected chi connectivity index (χ2v) is 6.37. The van der Waals surface area contributed by atoms with Crippen molar-refractivity contribution in [2.45, 2.75) is 6.42 Å². The van der Waals surface area contributed by atoms with Crippen LogP contribution in [0.15, 0.2) is 43.0 Å². The molecule has 3 nitrogen and oxygen atoms in total. The molecule has 0 bridgehead atoms. The van der Waals surface area contributed by atoms with Gasteiger partial charge in [-0.2, -0.15) is 0 Å². The summed E-state index contributed by atoms with van der Waals surface area (Å²) in [5.74, 6) is 0.382. The van der Waals surface area contributed by atoms with Crippen molar-refractivity contribution in [1.29, 1.82) is 0 Å². The Hall–Kier alpha value is -2.53. The number of ether oxygens (including phenoxy) is 1. The summed E-state index contributed by atoms with van der Waals surface area (Å²) in [6.07, 6.45) is 0.392. The number of benzene rings is 2. The van der Waals surface area contributed by atoms with Crippen LogP contribution in [0.2, 0.25) is 0 Å². The first-order valence-electron chi connectivity index (χ1n) is 7.17. The first kappa shape index (κ1) is 14.1. The lowest BCUT2D eigenvalue weighted by molar-refractivity contribution is 0.0933. The maximum atomic E-state index is 13.3. The predicted molar refractivity (Wildman–Crippen MR) is 88.6 cm³/mol. The first-order chi connectivity index (χ1) is 11.1. The quantitative estimate of drug-likeness (QED) is 0.698. The summed E-state index contributed by atoms with van der Waals surface area (Å²) < 4.78 is 19.7. The molecule has 0 aliphatic carbocycles. The van der Waals surface area contributed by atoms with E-state index in [-0.39, 0.29) is 11.6 Å². The van der Waals surface area contributed by atoms with E-state index in [1.54, 1.807) is 18.2 Å². The van der Waals surface area contributed by atoms with Crippen LogP contribution in [0, 0.1) is 5.82 Å². The van der Waals surface area contributed by atoms with Gasteiger partial charge in [-0.1, -0.05) is 12.6 Å². The molecule has 0 N–H and O–H groups in total. The molecule has 0 fully saturated rings. The van der Waals surface area contributed by atoms with Crippen LogP contribution in [0.5, 0.6) is 5.75 Å². The molecule has 2 heterocycles. The number of rotatable bonds is 2. The molecule has 0 radical (unpaired) electrons. The monoisotopic (exact) mass is 325 g/mol. The topological polar surface area (TPSA) is 39.2 Å². The minimum absolute atomic E-state index is 0.0762. The minimum atomic E-state index is -0.309. The fourth-order valence-corrected chi connectivity index (χ4v) is 3.54. The zero-order chi connectivity index (χ0) is 16.0. The molecule has 5 heteroatoms. The number of ketones is 1. The highest BCUT2D eigenvalue weighted by molar-refractivity contribution is 7.19. The van der Waals surface area contributed by atoms with E-state index in [0.717, 1.165) is 15.3 Å². The highest BCUT2D eigenvalue weighted by atomic mass is 32.1. The molecule has 4 rings (SSSR count). The summed E-state index contributed by atoms with van der Waals surface area (Å²) in [7, 11) is 0. The minimum Gasteiger partial charge on any atom is -0.492 e. The van der Waals surface area contributed by atoms with Crippen molar-refractivity contribution < 1.29 is 13.9 Å². The molecule has 0 unspecified atom stereocenters. The number of halogens is 1. The molecule has 2 aromatic carbocycles. The van der Waals surface area contributed by atoms with Crippen LogP contribution in [0.3, 0.4) is 0 Å². The molecule has 23 heavy (non-hydrogen) atoms.